The zero-order chi connectivity index (χ0) is 15.2. The summed E-state index contributed by atoms with van der Waals surface area (Å²) in [5, 5.41) is 0. The van der Waals surface area contributed by atoms with E-state index in [0.717, 1.165) is 38.6 Å². The summed E-state index contributed by atoms with van der Waals surface area (Å²) >= 11 is 0. The van der Waals surface area contributed by atoms with Crippen molar-refractivity contribution in [3.63, 3.8) is 0 Å². The fourth-order valence-corrected chi connectivity index (χ4v) is 2.84. The van der Waals surface area contributed by atoms with E-state index in [1.54, 1.807) is 18.5 Å². The van der Waals surface area contributed by atoms with Crippen LogP contribution in [0.15, 0.2) is 18.5 Å². The molecule has 0 aliphatic carbocycles. The molecule has 1 aromatic heterocycles. The number of nitrogens with one attached hydrogen (secondary N) is 1. The molecule has 3 rings (SSSR count). The highest BCUT2D eigenvalue weighted by molar-refractivity contribution is 5.78. The summed E-state index contributed by atoms with van der Waals surface area (Å²) in [7, 11) is 0. The van der Waals surface area contributed by atoms with Gasteiger partial charge in [-0.15, -0.1) is 0 Å². The molecule has 3 heterocycles. The minimum atomic E-state index is -0.310. The van der Waals surface area contributed by atoms with E-state index in [0.29, 0.717) is 19.1 Å². The molecule has 0 saturated carbocycles. The molecule has 120 valence electrons. The fraction of sp³-hybridized carbons (Fsp3) is 0.667. The van der Waals surface area contributed by atoms with Crippen molar-refractivity contribution in [2.75, 3.05) is 24.6 Å². The minimum Gasteiger partial charge on any atom is -0.350 e. The number of carbonyl (C=O) groups is 1. The number of anilines is 1. The van der Waals surface area contributed by atoms with Gasteiger partial charge in [-0.1, -0.05) is 0 Å². The van der Waals surface area contributed by atoms with Gasteiger partial charge in [0.05, 0.1) is 5.92 Å². The molecular formula is C15H22N4O3. The highest BCUT2D eigenvalue weighted by Crippen LogP contribution is 2.20. The second-order valence-corrected chi connectivity index (χ2v) is 5.71. The third kappa shape index (κ3) is 3.92. The van der Waals surface area contributed by atoms with Gasteiger partial charge < -0.3 is 9.64 Å². The number of aromatic nitrogens is 2. The Hall–Kier alpha value is -1.73. The van der Waals surface area contributed by atoms with Crippen LogP contribution < -0.4 is 10.4 Å². The van der Waals surface area contributed by atoms with Crippen molar-refractivity contribution >= 4 is 11.9 Å². The SMILES string of the molecule is O=C(NO[C@@H]1CCCCO1)[C@H]1CCCN(c2ncccn2)C1. The van der Waals surface area contributed by atoms with Gasteiger partial charge in [0.1, 0.15) is 0 Å². The maximum atomic E-state index is 12.3. The zero-order valence-electron chi connectivity index (χ0n) is 12.6. The number of hydrogen-bond acceptors (Lipinski definition) is 6. The molecule has 0 aromatic carbocycles. The Bertz CT molecular complexity index is 479. The van der Waals surface area contributed by atoms with Crippen LogP contribution in [0.4, 0.5) is 5.95 Å². The number of nitrogens with zero attached hydrogens (tertiary/aromatic N) is 3. The predicted molar refractivity (Wildman–Crippen MR) is 79.8 cm³/mol. The van der Waals surface area contributed by atoms with Crippen LogP contribution in [-0.4, -0.2) is 41.9 Å². The first kappa shape index (κ1) is 15.2. The molecule has 2 atom stereocenters. The third-order valence-electron chi connectivity index (χ3n) is 4.06. The van der Waals surface area contributed by atoms with Crippen molar-refractivity contribution in [2.24, 2.45) is 5.92 Å². The largest absolute Gasteiger partial charge is 0.350 e. The highest BCUT2D eigenvalue weighted by Gasteiger charge is 2.28. The van der Waals surface area contributed by atoms with Crippen LogP contribution in [0, 0.1) is 5.92 Å². The maximum Gasteiger partial charge on any atom is 0.248 e. The molecule has 7 nitrogen and oxygen atoms in total. The number of carbonyl (C=O) groups excluding carboxylic acids is 1. The van der Waals surface area contributed by atoms with E-state index in [9.17, 15) is 4.79 Å². The molecule has 7 heteroatoms. The highest BCUT2D eigenvalue weighted by atomic mass is 16.8. The van der Waals surface area contributed by atoms with Crippen molar-refractivity contribution in [1.82, 2.24) is 15.4 Å². The monoisotopic (exact) mass is 306 g/mol. The molecule has 0 unspecified atom stereocenters. The van der Waals surface area contributed by atoms with Crippen LogP contribution in [0.1, 0.15) is 32.1 Å². The lowest BCUT2D eigenvalue weighted by Crippen LogP contribution is -2.45. The fourth-order valence-electron chi connectivity index (χ4n) is 2.84. The predicted octanol–water partition coefficient (Wildman–Crippen LogP) is 1.27. The topological polar surface area (TPSA) is 76.6 Å². The van der Waals surface area contributed by atoms with Crippen LogP contribution in [0.25, 0.3) is 0 Å². The van der Waals surface area contributed by atoms with Crippen molar-refractivity contribution in [1.29, 1.82) is 0 Å². The van der Waals surface area contributed by atoms with Gasteiger partial charge in [-0.05, 0) is 31.7 Å². The molecule has 0 spiro atoms. The van der Waals surface area contributed by atoms with E-state index in [-0.39, 0.29) is 18.1 Å². The summed E-state index contributed by atoms with van der Waals surface area (Å²) in [5.41, 5.74) is 2.56. The van der Waals surface area contributed by atoms with Crippen molar-refractivity contribution in [3.05, 3.63) is 18.5 Å². The van der Waals surface area contributed by atoms with Crippen LogP contribution in [-0.2, 0) is 14.4 Å². The Balaban J connectivity index is 1.49. The summed E-state index contributed by atoms with van der Waals surface area (Å²) < 4.78 is 5.44. The van der Waals surface area contributed by atoms with Gasteiger partial charge >= 0.3 is 0 Å². The Kier molecular flexibility index (Phi) is 5.18. The Morgan fingerprint density at radius 1 is 1.27 bits per heavy atom. The Morgan fingerprint density at radius 3 is 2.91 bits per heavy atom. The van der Waals surface area contributed by atoms with Crippen LogP contribution >= 0.6 is 0 Å². The molecule has 2 aliphatic rings. The number of rotatable bonds is 4. The smallest absolute Gasteiger partial charge is 0.248 e. The molecule has 1 amide bonds. The summed E-state index contributed by atoms with van der Waals surface area (Å²) in [6.07, 6.45) is 7.88. The van der Waals surface area contributed by atoms with Gasteiger partial charge in [-0.25, -0.2) is 20.3 Å². The van der Waals surface area contributed by atoms with Gasteiger partial charge in [0.25, 0.3) is 0 Å². The minimum absolute atomic E-state index is 0.0881. The molecule has 22 heavy (non-hydrogen) atoms. The number of amides is 1. The van der Waals surface area contributed by atoms with E-state index < -0.39 is 0 Å². The standard InChI is InChI=1S/C15H22N4O3/c20-14(18-22-13-6-1-2-10-21-13)12-5-3-9-19(11-12)15-16-7-4-8-17-15/h4,7-8,12-13H,1-3,5-6,9-11H2,(H,18,20)/t12-,13+/m0/s1. The average Bonchev–Trinajstić information content (AvgIpc) is 2.61. The number of hydroxylamine groups is 1. The molecule has 0 radical (unpaired) electrons. The lowest BCUT2D eigenvalue weighted by atomic mass is 9.98. The zero-order valence-corrected chi connectivity index (χ0v) is 12.6. The van der Waals surface area contributed by atoms with Gasteiger partial charge in [0, 0.05) is 38.5 Å². The molecule has 2 saturated heterocycles. The molecule has 1 N–H and O–H groups in total. The second-order valence-electron chi connectivity index (χ2n) is 5.71. The summed E-state index contributed by atoms with van der Waals surface area (Å²) in [4.78, 5) is 28.2. The van der Waals surface area contributed by atoms with Gasteiger partial charge in [0.15, 0.2) is 6.29 Å². The third-order valence-corrected chi connectivity index (χ3v) is 4.06. The van der Waals surface area contributed by atoms with E-state index in [2.05, 4.69) is 15.4 Å². The maximum absolute atomic E-state index is 12.3. The quantitative estimate of drug-likeness (QED) is 0.844. The van der Waals surface area contributed by atoms with E-state index >= 15 is 0 Å². The lowest BCUT2D eigenvalue weighted by molar-refractivity contribution is -0.202. The molecule has 0 bridgehead atoms. The van der Waals surface area contributed by atoms with Crippen LogP contribution in [0.2, 0.25) is 0 Å². The van der Waals surface area contributed by atoms with Gasteiger partial charge in [0.2, 0.25) is 11.9 Å². The van der Waals surface area contributed by atoms with Crippen LogP contribution in [0.5, 0.6) is 0 Å². The van der Waals surface area contributed by atoms with E-state index in [1.807, 2.05) is 4.90 Å². The first-order valence-corrected chi connectivity index (χ1v) is 7.92. The van der Waals surface area contributed by atoms with Crippen molar-refractivity contribution in [3.8, 4) is 0 Å². The van der Waals surface area contributed by atoms with Crippen molar-refractivity contribution < 1.29 is 14.4 Å². The Labute approximate surface area is 130 Å². The molecular weight excluding hydrogens is 284 g/mol. The van der Waals surface area contributed by atoms with Crippen LogP contribution in [0.3, 0.4) is 0 Å². The molecule has 2 fully saturated rings. The lowest BCUT2D eigenvalue weighted by Gasteiger charge is -2.32. The normalized spacial score (nSPS) is 25.7. The first-order chi connectivity index (χ1) is 10.8. The number of hydrogen-bond donors (Lipinski definition) is 1. The first-order valence-electron chi connectivity index (χ1n) is 7.92. The van der Waals surface area contributed by atoms with Gasteiger partial charge in [-0.3, -0.25) is 4.79 Å². The Morgan fingerprint density at radius 2 is 2.14 bits per heavy atom. The van der Waals surface area contributed by atoms with E-state index in [1.165, 1.54) is 0 Å². The summed E-state index contributed by atoms with van der Waals surface area (Å²) in [6, 6.07) is 1.79. The molecule has 2 aliphatic heterocycles. The average molecular weight is 306 g/mol. The summed E-state index contributed by atoms with van der Waals surface area (Å²) in [6.45, 7) is 2.19. The number of ether oxygens (including phenoxy) is 1. The summed E-state index contributed by atoms with van der Waals surface area (Å²) in [5.74, 6) is 0.479. The van der Waals surface area contributed by atoms with Crippen molar-refractivity contribution in [2.45, 2.75) is 38.4 Å². The van der Waals surface area contributed by atoms with Gasteiger partial charge in [-0.2, -0.15) is 0 Å². The number of piperidine rings is 1. The molecule has 1 aromatic rings. The van der Waals surface area contributed by atoms with E-state index in [4.69, 9.17) is 9.57 Å². The second kappa shape index (κ2) is 7.51.